The minimum Gasteiger partial charge on any atom is -0.388 e. The molecule has 1 unspecified atom stereocenters. The van der Waals surface area contributed by atoms with Gasteiger partial charge in [0.25, 0.3) is 0 Å². The molecule has 0 aliphatic rings. The molecule has 1 atom stereocenters. The van der Waals surface area contributed by atoms with E-state index in [-0.39, 0.29) is 0 Å². The summed E-state index contributed by atoms with van der Waals surface area (Å²) in [5, 5.41) is 10.3. The van der Waals surface area contributed by atoms with Crippen LogP contribution in [-0.4, -0.2) is 15.1 Å². The van der Waals surface area contributed by atoms with Gasteiger partial charge >= 0.3 is 0 Å². The smallest absolute Gasteiger partial charge is 0.142 e. The first-order chi connectivity index (χ1) is 7.18. The second-order valence-electron chi connectivity index (χ2n) is 3.41. The number of aliphatic hydroxyl groups is 1. The van der Waals surface area contributed by atoms with Gasteiger partial charge in [-0.05, 0) is 25.5 Å². The molecular formula is C11H12N2OS. The van der Waals surface area contributed by atoms with E-state index in [4.69, 9.17) is 0 Å². The van der Waals surface area contributed by atoms with Gasteiger partial charge in [0, 0.05) is 12.4 Å². The van der Waals surface area contributed by atoms with Crippen molar-refractivity contribution in [2.24, 2.45) is 0 Å². The SMILES string of the molecule is Cc1cccnc1-c1ncc(C(C)O)s1. The molecule has 4 heteroatoms. The van der Waals surface area contributed by atoms with E-state index in [1.165, 1.54) is 11.3 Å². The minimum atomic E-state index is -0.458. The number of thiazole rings is 1. The second-order valence-corrected chi connectivity index (χ2v) is 4.47. The van der Waals surface area contributed by atoms with Crippen LogP contribution in [0.15, 0.2) is 24.5 Å². The van der Waals surface area contributed by atoms with Crippen LogP contribution in [0.2, 0.25) is 0 Å². The molecule has 0 spiro atoms. The van der Waals surface area contributed by atoms with Gasteiger partial charge in [0.1, 0.15) is 10.7 Å². The monoisotopic (exact) mass is 220 g/mol. The van der Waals surface area contributed by atoms with E-state index in [1.807, 2.05) is 19.1 Å². The fraction of sp³-hybridized carbons (Fsp3) is 0.273. The van der Waals surface area contributed by atoms with Gasteiger partial charge in [-0.25, -0.2) is 4.98 Å². The summed E-state index contributed by atoms with van der Waals surface area (Å²) in [5.74, 6) is 0. The first-order valence-corrected chi connectivity index (χ1v) is 5.56. The standard InChI is InChI=1S/C11H12N2OS/c1-7-4-3-5-12-10(7)11-13-6-9(15-11)8(2)14/h3-6,8,14H,1-2H3. The van der Waals surface area contributed by atoms with Crippen molar-refractivity contribution in [1.29, 1.82) is 0 Å². The molecule has 2 heterocycles. The molecule has 15 heavy (non-hydrogen) atoms. The van der Waals surface area contributed by atoms with Gasteiger partial charge in [0.2, 0.25) is 0 Å². The summed E-state index contributed by atoms with van der Waals surface area (Å²) in [6.45, 7) is 3.74. The Morgan fingerprint density at radius 1 is 1.40 bits per heavy atom. The second kappa shape index (κ2) is 4.08. The molecule has 3 nitrogen and oxygen atoms in total. The Morgan fingerprint density at radius 2 is 2.20 bits per heavy atom. The lowest BCUT2D eigenvalue weighted by molar-refractivity contribution is 0.203. The minimum absolute atomic E-state index is 0.458. The van der Waals surface area contributed by atoms with Crippen LogP contribution in [0, 0.1) is 6.92 Å². The number of rotatable bonds is 2. The lowest BCUT2D eigenvalue weighted by Gasteiger charge is -1.99. The maximum atomic E-state index is 9.40. The molecule has 2 aromatic heterocycles. The van der Waals surface area contributed by atoms with Crippen LogP contribution in [0.25, 0.3) is 10.7 Å². The van der Waals surface area contributed by atoms with Crippen LogP contribution in [0.4, 0.5) is 0 Å². The zero-order chi connectivity index (χ0) is 10.8. The van der Waals surface area contributed by atoms with Crippen LogP contribution in [0.5, 0.6) is 0 Å². The number of aliphatic hydroxyl groups excluding tert-OH is 1. The Morgan fingerprint density at radius 3 is 2.80 bits per heavy atom. The summed E-state index contributed by atoms with van der Waals surface area (Å²) >= 11 is 1.48. The van der Waals surface area contributed by atoms with E-state index in [2.05, 4.69) is 9.97 Å². The third kappa shape index (κ3) is 2.06. The Hall–Kier alpha value is -1.26. The van der Waals surface area contributed by atoms with Crippen molar-refractivity contribution in [2.45, 2.75) is 20.0 Å². The number of pyridine rings is 1. The van der Waals surface area contributed by atoms with Gasteiger partial charge in [-0.3, -0.25) is 4.98 Å². The maximum absolute atomic E-state index is 9.40. The van der Waals surface area contributed by atoms with Crippen molar-refractivity contribution in [1.82, 2.24) is 9.97 Å². The quantitative estimate of drug-likeness (QED) is 0.846. The molecular weight excluding hydrogens is 208 g/mol. The molecule has 0 fully saturated rings. The van der Waals surface area contributed by atoms with Crippen molar-refractivity contribution in [3.05, 3.63) is 35.0 Å². The molecule has 0 saturated carbocycles. The predicted octanol–water partition coefficient (Wildman–Crippen LogP) is 2.57. The summed E-state index contributed by atoms with van der Waals surface area (Å²) in [5.41, 5.74) is 2.00. The zero-order valence-corrected chi connectivity index (χ0v) is 9.45. The van der Waals surface area contributed by atoms with Crippen molar-refractivity contribution >= 4 is 11.3 Å². The summed E-state index contributed by atoms with van der Waals surface area (Å²) in [7, 11) is 0. The fourth-order valence-corrected chi connectivity index (χ4v) is 2.21. The normalized spacial score (nSPS) is 12.7. The van der Waals surface area contributed by atoms with Crippen molar-refractivity contribution < 1.29 is 5.11 Å². The molecule has 2 aromatic rings. The molecule has 0 bridgehead atoms. The van der Waals surface area contributed by atoms with Gasteiger partial charge in [-0.15, -0.1) is 11.3 Å². The van der Waals surface area contributed by atoms with E-state index < -0.39 is 6.10 Å². The van der Waals surface area contributed by atoms with Gasteiger partial charge in [-0.1, -0.05) is 6.07 Å². The molecule has 78 valence electrons. The van der Waals surface area contributed by atoms with E-state index in [0.717, 1.165) is 21.1 Å². The highest BCUT2D eigenvalue weighted by Crippen LogP contribution is 2.28. The molecule has 0 amide bonds. The molecule has 2 rings (SSSR count). The van der Waals surface area contributed by atoms with Crippen molar-refractivity contribution in [3.8, 4) is 10.7 Å². The average molecular weight is 220 g/mol. The topological polar surface area (TPSA) is 46.0 Å². The van der Waals surface area contributed by atoms with Crippen LogP contribution >= 0.6 is 11.3 Å². The Bertz CT molecular complexity index is 465. The number of nitrogens with zero attached hydrogens (tertiary/aromatic N) is 2. The van der Waals surface area contributed by atoms with Gasteiger partial charge in [0.15, 0.2) is 0 Å². The van der Waals surface area contributed by atoms with E-state index >= 15 is 0 Å². The fourth-order valence-electron chi connectivity index (χ4n) is 1.30. The van der Waals surface area contributed by atoms with Gasteiger partial charge < -0.3 is 5.11 Å². The lowest BCUT2D eigenvalue weighted by Crippen LogP contribution is -1.85. The number of hydrogen-bond acceptors (Lipinski definition) is 4. The summed E-state index contributed by atoms with van der Waals surface area (Å²) in [4.78, 5) is 9.42. The Balaban J connectivity index is 2.42. The average Bonchev–Trinajstić information content (AvgIpc) is 2.67. The third-order valence-electron chi connectivity index (χ3n) is 2.15. The Labute approximate surface area is 92.5 Å². The highest BCUT2D eigenvalue weighted by molar-refractivity contribution is 7.15. The molecule has 0 saturated heterocycles. The van der Waals surface area contributed by atoms with E-state index in [1.54, 1.807) is 19.3 Å². The maximum Gasteiger partial charge on any atom is 0.142 e. The summed E-state index contributed by atoms with van der Waals surface area (Å²) < 4.78 is 0. The number of hydrogen-bond donors (Lipinski definition) is 1. The first kappa shape index (κ1) is 10.3. The third-order valence-corrected chi connectivity index (χ3v) is 3.32. The van der Waals surface area contributed by atoms with Gasteiger partial charge in [-0.2, -0.15) is 0 Å². The van der Waals surface area contributed by atoms with E-state index in [0.29, 0.717) is 0 Å². The van der Waals surface area contributed by atoms with Crippen LogP contribution < -0.4 is 0 Å². The Kier molecular flexibility index (Phi) is 2.79. The lowest BCUT2D eigenvalue weighted by atomic mass is 10.2. The molecule has 1 N–H and O–H groups in total. The van der Waals surface area contributed by atoms with Crippen LogP contribution in [0.1, 0.15) is 23.5 Å². The molecule has 0 aliphatic heterocycles. The molecule has 0 aromatic carbocycles. The van der Waals surface area contributed by atoms with Crippen molar-refractivity contribution in [3.63, 3.8) is 0 Å². The largest absolute Gasteiger partial charge is 0.388 e. The number of aromatic nitrogens is 2. The van der Waals surface area contributed by atoms with Crippen molar-refractivity contribution in [2.75, 3.05) is 0 Å². The first-order valence-electron chi connectivity index (χ1n) is 4.74. The zero-order valence-electron chi connectivity index (χ0n) is 8.64. The van der Waals surface area contributed by atoms with Gasteiger partial charge in [0.05, 0.1) is 11.0 Å². The highest BCUT2D eigenvalue weighted by atomic mass is 32.1. The van der Waals surface area contributed by atoms with Crippen LogP contribution in [-0.2, 0) is 0 Å². The number of aryl methyl sites for hydroxylation is 1. The van der Waals surface area contributed by atoms with Crippen LogP contribution in [0.3, 0.4) is 0 Å². The molecule has 0 radical (unpaired) electrons. The summed E-state index contributed by atoms with van der Waals surface area (Å²) in [6.07, 6.45) is 3.00. The summed E-state index contributed by atoms with van der Waals surface area (Å²) in [6, 6.07) is 3.91. The predicted molar refractivity (Wildman–Crippen MR) is 60.7 cm³/mol. The highest BCUT2D eigenvalue weighted by Gasteiger charge is 2.10. The molecule has 0 aliphatic carbocycles. The van der Waals surface area contributed by atoms with E-state index in [9.17, 15) is 5.11 Å².